The molecule has 94 valence electrons. The normalized spacial score (nSPS) is 10.8. The van der Waals surface area contributed by atoms with Crippen molar-refractivity contribution in [3.05, 3.63) is 57.6 Å². The number of hydrogen-bond donors (Lipinski definition) is 0. The zero-order chi connectivity index (χ0) is 13.4. The molecule has 0 atom stereocenters. The van der Waals surface area contributed by atoms with Crippen LogP contribution in [0.1, 0.15) is 5.56 Å². The van der Waals surface area contributed by atoms with Crippen LogP contribution in [0.2, 0.25) is 0 Å². The molecule has 0 aliphatic rings. The van der Waals surface area contributed by atoms with Gasteiger partial charge >= 0.3 is 0 Å². The highest BCUT2D eigenvalue weighted by Crippen LogP contribution is 2.38. The van der Waals surface area contributed by atoms with Crippen LogP contribution in [0.3, 0.4) is 0 Å². The van der Waals surface area contributed by atoms with Crippen LogP contribution in [0.25, 0.3) is 21.3 Å². The molecule has 2 aromatic heterocycles. The Kier molecular flexibility index (Phi) is 2.76. The molecule has 3 aromatic rings. The van der Waals surface area contributed by atoms with Gasteiger partial charge in [0, 0.05) is 5.39 Å². The van der Waals surface area contributed by atoms with Crippen molar-refractivity contribution in [3.8, 4) is 11.1 Å². The van der Waals surface area contributed by atoms with E-state index >= 15 is 0 Å². The predicted molar refractivity (Wildman–Crippen MR) is 76.4 cm³/mol. The maximum Gasteiger partial charge on any atom is 0.296 e. The quantitative estimate of drug-likeness (QED) is 0.518. The molecule has 0 fully saturated rings. The Labute approximate surface area is 113 Å². The lowest BCUT2D eigenvalue weighted by Gasteiger charge is -2.07. The Morgan fingerprint density at radius 1 is 1.26 bits per heavy atom. The minimum atomic E-state index is -0.369. The van der Waals surface area contributed by atoms with Crippen molar-refractivity contribution in [2.75, 3.05) is 0 Å². The number of hydrogen-bond acceptors (Lipinski definition) is 4. The maximum absolute atomic E-state index is 11.2. The van der Waals surface area contributed by atoms with E-state index in [4.69, 9.17) is 0 Å². The van der Waals surface area contributed by atoms with Crippen LogP contribution in [-0.2, 0) is 0 Å². The summed E-state index contributed by atoms with van der Waals surface area (Å²) >= 11 is 1.49. The summed E-state index contributed by atoms with van der Waals surface area (Å²) in [5, 5.41) is 14.0. The average Bonchev–Trinajstić information content (AvgIpc) is 2.86. The number of rotatable bonds is 2. The number of nitrogens with zero attached hydrogens (tertiary/aromatic N) is 2. The van der Waals surface area contributed by atoms with Gasteiger partial charge in [-0.05, 0) is 29.5 Å². The van der Waals surface area contributed by atoms with Gasteiger partial charge < -0.3 is 0 Å². The van der Waals surface area contributed by atoms with Gasteiger partial charge in [-0.3, -0.25) is 10.1 Å². The molecule has 0 amide bonds. The van der Waals surface area contributed by atoms with Crippen LogP contribution in [-0.4, -0.2) is 9.91 Å². The lowest BCUT2D eigenvalue weighted by molar-refractivity contribution is -0.384. The van der Waals surface area contributed by atoms with Crippen LogP contribution in [0.5, 0.6) is 0 Å². The molecule has 0 bridgehead atoms. The topological polar surface area (TPSA) is 56.0 Å². The molecule has 0 saturated carbocycles. The Hall–Kier alpha value is -2.27. The van der Waals surface area contributed by atoms with Crippen molar-refractivity contribution >= 4 is 27.2 Å². The number of aryl methyl sites for hydroxylation is 1. The standard InChI is InChI=1S/C14H10N2O2S/c1-9-4-2-3-5-10(9)13-11-6-7-19-14(11)15-8-12(13)16(17)18/h2-8H,1H3. The van der Waals surface area contributed by atoms with E-state index in [1.165, 1.54) is 17.5 Å². The highest BCUT2D eigenvalue weighted by molar-refractivity contribution is 7.16. The van der Waals surface area contributed by atoms with Gasteiger partial charge in [0.05, 0.1) is 10.5 Å². The maximum atomic E-state index is 11.2. The number of nitro groups is 1. The first-order valence-electron chi connectivity index (χ1n) is 5.75. The third kappa shape index (κ3) is 1.88. The van der Waals surface area contributed by atoms with E-state index in [0.29, 0.717) is 5.56 Å². The van der Waals surface area contributed by atoms with E-state index in [2.05, 4.69) is 4.98 Å². The first-order valence-corrected chi connectivity index (χ1v) is 6.63. The smallest absolute Gasteiger partial charge is 0.258 e. The minimum absolute atomic E-state index is 0.0557. The van der Waals surface area contributed by atoms with Crippen molar-refractivity contribution in [1.82, 2.24) is 4.98 Å². The molecule has 0 unspecified atom stereocenters. The van der Waals surface area contributed by atoms with Crippen LogP contribution in [0.15, 0.2) is 41.9 Å². The van der Waals surface area contributed by atoms with E-state index in [1.54, 1.807) is 0 Å². The average molecular weight is 270 g/mol. The Bertz CT molecular complexity index is 780. The Morgan fingerprint density at radius 2 is 2.05 bits per heavy atom. The fourth-order valence-electron chi connectivity index (χ4n) is 2.19. The van der Waals surface area contributed by atoms with E-state index in [9.17, 15) is 10.1 Å². The largest absolute Gasteiger partial charge is 0.296 e. The van der Waals surface area contributed by atoms with E-state index in [1.807, 2.05) is 42.6 Å². The number of pyridine rings is 1. The lowest BCUT2D eigenvalue weighted by Crippen LogP contribution is -1.95. The molecule has 0 aliphatic heterocycles. The van der Waals surface area contributed by atoms with Gasteiger partial charge in [-0.25, -0.2) is 4.98 Å². The van der Waals surface area contributed by atoms with Gasteiger partial charge in [0.25, 0.3) is 5.69 Å². The number of aromatic nitrogens is 1. The molecule has 0 aliphatic carbocycles. The molecule has 0 saturated heterocycles. The first-order chi connectivity index (χ1) is 9.18. The first kappa shape index (κ1) is 11.8. The third-order valence-corrected chi connectivity index (χ3v) is 3.91. The zero-order valence-electron chi connectivity index (χ0n) is 10.2. The molecule has 3 rings (SSSR count). The van der Waals surface area contributed by atoms with Crippen molar-refractivity contribution in [1.29, 1.82) is 0 Å². The number of benzene rings is 1. The van der Waals surface area contributed by atoms with Gasteiger partial charge in [-0.15, -0.1) is 11.3 Å². The molecule has 4 nitrogen and oxygen atoms in total. The summed E-state index contributed by atoms with van der Waals surface area (Å²) in [6, 6.07) is 9.58. The van der Waals surface area contributed by atoms with Crippen LogP contribution in [0, 0.1) is 17.0 Å². The van der Waals surface area contributed by atoms with Gasteiger partial charge in [0.1, 0.15) is 11.0 Å². The lowest BCUT2D eigenvalue weighted by atomic mass is 9.98. The highest BCUT2D eigenvalue weighted by Gasteiger charge is 2.21. The summed E-state index contributed by atoms with van der Waals surface area (Å²) in [6.45, 7) is 1.96. The zero-order valence-corrected chi connectivity index (χ0v) is 11.0. The third-order valence-electron chi connectivity index (χ3n) is 3.09. The molecule has 0 N–H and O–H groups in total. The van der Waals surface area contributed by atoms with Gasteiger partial charge in [-0.1, -0.05) is 24.3 Å². The summed E-state index contributed by atoms with van der Waals surface area (Å²) in [7, 11) is 0. The van der Waals surface area contributed by atoms with Gasteiger partial charge in [0.2, 0.25) is 0 Å². The number of thiophene rings is 1. The fourth-order valence-corrected chi connectivity index (χ4v) is 2.93. The molecular formula is C14H10N2O2S. The minimum Gasteiger partial charge on any atom is -0.258 e. The van der Waals surface area contributed by atoms with Crippen molar-refractivity contribution in [2.45, 2.75) is 6.92 Å². The monoisotopic (exact) mass is 270 g/mol. The molecule has 1 aromatic carbocycles. The van der Waals surface area contributed by atoms with Crippen LogP contribution < -0.4 is 0 Å². The second kappa shape index (κ2) is 4.44. The summed E-state index contributed by atoms with van der Waals surface area (Å²) in [5.41, 5.74) is 2.62. The van der Waals surface area contributed by atoms with Gasteiger partial charge in [-0.2, -0.15) is 0 Å². The molecule has 5 heteroatoms. The summed E-state index contributed by atoms with van der Waals surface area (Å²) in [4.78, 5) is 15.8. The summed E-state index contributed by atoms with van der Waals surface area (Å²) < 4.78 is 0. The second-order valence-corrected chi connectivity index (χ2v) is 5.12. The Balaban J connectivity index is 2.43. The van der Waals surface area contributed by atoms with Crippen molar-refractivity contribution in [3.63, 3.8) is 0 Å². The van der Waals surface area contributed by atoms with Crippen LogP contribution in [0.4, 0.5) is 5.69 Å². The highest BCUT2D eigenvalue weighted by atomic mass is 32.1. The molecule has 0 spiro atoms. The van der Waals surface area contributed by atoms with E-state index < -0.39 is 0 Å². The fraction of sp³-hybridized carbons (Fsp3) is 0.0714. The van der Waals surface area contributed by atoms with Gasteiger partial charge in [0.15, 0.2) is 0 Å². The summed E-state index contributed by atoms with van der Waals surface area (Å²) in [6.07, 6.45) is 1.35. The van der Waals surface area contributed by atoms with E-state index in [-0.39, 0.29) is 10.6 Å². The molecule has 2 heterocycles. The SMILES string of the molecule is Cc1ccccc1-c1c([N+](=O)[O-])cnc2sccc12. The summed E-state index contributed by atoms with van der Waals surface area (Å²) in [5.74, 6) is 0. The second-order valence-electron chi connectivity index (χ2n) is 4.23. The molecular weight excluding hydrogens is 260 g/mol. The van der Waals surface area contributed by atoms with Crippen LogP contribution >= 0.6 is 11.3 Å². The van der Waals surface area contributed by atoms with Crippen molar-refractivity contribution < 1.29 is 4.92 Å². The van der Waals surface area contributed by atoms with Crippen molar-refractivity contribution in [2.24, 2.45) is 0 Å². The number of fused-ring (bicyclic) bond motifs is 1. The predicted octanol–water partition coefficient (Wildman–Crippen LogP) is 4.18. The Morgan fingerprint density at radius 3 is 2.79 bits per heavy atom. The van der Waals surface area contributed by atoms with E-state index in [0.717, 1.165) is 21.3 Å². The molecule has 19 heavy (non-hydrogen) atoms. The molecule has 0 radical (unpaired) electrons.